The highest BCUT2D eigenvalue weighted by molar-refractivity contribution is 5.29. The summed E-state index contributed by atoms with van der Waals surface area (Å²) >= 11 is 0. The Kier molecular flexibility index (Phi) is 5.04. The van der Waals surface area contributed by atoms with Crippen molar-refractivity contribution in [1.29, 1.82) is 0 Å². The fourth-order valence-electron chi connectivity index (χ4n) is 1.25. The molecule has 1 N–H and O–H groups in total. The molecule has 84 valence electrons. The average molecular weight is 215 g/mol. The fourth-order valence-corrected chi connectivity index (χ4v) is 1.25. The van der Waals surface area contributed by atoms with Crippen LogP contribution in [0.15, 0.2) is 18.2 Å². The van der Waals surface area contributed by atoms with Crippen molar-refractivity contribution in [2.75, 3.05) is 20.3 Å². The molecule has 0 saturated heterocycles. The number of nitrogens with one attached hydrogen (secondary N) is 1. The summed E-state index contributed by atoms with van der Waals surface area (Å²) in [7, 11) is 1.79. The third-order valence-electron chi connectivity index (χ3n) is 1.86. The molecule has 0 fully saturated rings. The first kappa shape index (κ1) is 11.9. The molecule has 0 aliphatic heterocycles. The van der Waals surface area contributed by atoms with Crippen molar-refractivity contribution in [1.82, 2.24) is 5.32 Å². The van der Waals surface area contributed by atoms with Crippen molar-refractivity contribution in [2.45, 2.75) is 13.0 Å². The molecule has 4 heteroatoms. The van der Waals surface area contributed by atoms with Crippen LogP contribution in [0.3, 0.4) is 0 Å². The second kappa shape index (κ2) is 6.35. The summed E-state index contributed by atoms with van der Waals surface area (Å²) in [6.45, 7) is 0.439. The Bertz CT molecular complexity index is 305. The quantitative estimate of drug-likeness (QED) is 0.735. The van der Waals surface area contributed by atoms with Crippen LogP contribution in [0.25, 0.3) is 0 Å². The van der Waals surface area contributed by atoms with E-state index in [4.69, 9.17) is 4.74 Å². The smallest absolute Gasteiger partial charge is 0.127 e. The maximum absolute atomic E-state index is 13.1. The predicted octanol–water partition coefficient (Wildman–Crippen LogP) is 2.28. The van der Waals surface area contributed by atoms with E-state index in [1.54, 1.807) is 13.1 Å². The van der Waals surface area contributed by atoms with Gasteiger partial charge < -0.3 is 10.1 Å². The van der Waals surface area contributed by atoms with Crippen LogP contribution in [0.2, 0.25) is 0 Å². The van der Waals surface area contributed by atoms with E-state index in [9.17, 15) is 8.78 Å². The molecule has 0 aromatic heterocycles. The standard InChI is InChI=1S/C11H15F2NO/c1-14-8-9-5-10(13)7-11(6-9)15-4-2-3-12/h5-7,14H,2-4,8H2,1H3. The molecule has 1 aromatic rings. The molecule has 0 atom stereocenters. The lowest BCUT2D eigenvalue weighted by Crippen LogP contribution is -2.06. The summed E-state index contributed by atoms with van der Waals surface area (Å²) in [6, 6.07) is 4.49. The highest BCUT2D eigenvalue weighted by Gasteiger charge is 2.01. The van der Waals surface area contributed by atoms with Gasteiger partial charge in [0.15, 0.2) is 0 Å². The van der Waals surface area contributed by atoms with Crippen molar-refractivity contribution >= 4 is 0 Å². The summed E-state index contributed by atoms with van der Waals surface area (Å²) in [5.41, 5.74) is 0.813. The van der Waals surface area contributed by atoms with Gasteiger partial charge in [0.2, 0.25) is 0 Å². The average Bonchev–Trinajstić information content (AvgIpc) is 2.18. The van der Waals surface area contributed by atoms with Gasteiger partial charge >= 0.3 is 0 Å². The molecule has 0 bridgehead atoms. The van der Waals surface area contributed by atoms with E-state index in [0.717, 1.165) is 5.56 Å². The molecule has 0 saturated carbocycles. The Morgan fingerprint density at radius 2 is 2.13 bits per heavy atom. The summed E-state index contributed by atoms with van der Waals surface area (Å²) in [4.78, 5) is 0. The molecular weight excluding hydrogens is 200 g/mol. The number of hydrogen-bond donors (Lipinski definition) is 1. The van der Waals surface area contributed by atoms with Gasteiger partial charge in [0.1, 0.15) is 11.6 Å². The lowest BCUT2D eigenvalue weighted by molar-refractivity contribution is 0.288. The molecule has 1 aromatic carbocycles. The highest BCUT2D eigenvalue weighted by atomic mass is 19.1. The number of benzene rings is 1. The number of alkyl halides is 1. The largest absolute Gasteiger partial charge is 0.493 e. The zero-order valence-corrected chi connectivity index (χ0v) is 8.72. The van der Waals surface area contributed by atoms with E-state index >= 15 is 0 Å². The number of halogens is 2. The van der Waals surface area contributed by atoms with Gasteiger partial charge in [-0.1, -0.05) is 0 Å². The van der Waals surface area contributed by atoms with Crippen LogP contribution >= 0.6 is 0 Å². The second-order valence-electron chi connectivity index (χ2n) is 3.22. The zero-order chi connectivity index (χ0) is 11.1. The number of hydrogen-bond acceptors (Lipinski definition) is 2. The first-order chi connectivity index (χ1) is 7.26. The second-order valence-corrected chi connectivity index (χ2v) is 3.22. The molecule has 2 nitrogen and oxygen atoms in total. The third kappa shape index (κ3) is 4.25. The molecule has 0 radical (unpaired) electrons. The summed E-state index contributed by atoms with van der Waals surface area (Å²) in [6.07, 6.45) is 0.331. The molecule has 1 rings (SSSR count). The van der Waals surface area contributed by atoms with Gasteiger partial charge in [-0.3, -0.25) is 4.39 Å². The topological polar surface area (TPSA) is 21.3 Å². The minimum atomic E-state index is -0.418. The number of ether oxygens (including phenoxy) is 1. The Morgan fingerprint density at radius 3 is 2.80 bits per heavy atom. The maximum Gasteiger partial charge on any atom is 0.127 e. The van der Waals surface area contributed by atoms with Crippen LogP contribution in [-0.2, 0) is 6.54 Å². The van der Waals surface area contributed by atoms with E-state index < -0.39 is 6.67 Å². The number of rotatable bonds is 6. The monoisotopic (exact) mass is 215 g/mol. The van der Waals surface area contributed by atoms with Gasteiger partial charge in [-0.05, 0) is 24.7 Å². The van der Waals surface area contributed by atoms with Crippen LogP contribution in [0.4, 0.5) is 8.78 Å². The highest BCUT2D eigenvalue weighted by Crippen LogP contribution is 2.16. The van der Waals surface area contributed by atoms with Crippen molar-refractivity contribution < 1.29 is 13.5 Å². The van der Waals surface area contributed by atoms with Gasteiger partial charge in [-0.2, -0.15) is 0 Å². The maximum atomic E-state index is 13.1. The van der Waals surface area contributed by atoms with Gasteiger partial charge in [0.25, 0.3) is 0 Å². The van der Waals surface area contributed by atoms with E-state index in [2.05, 4.69) is 5.32 Å². The minimum Gasteiger partial charge on any atom is -0.493 e. The van der Waals surface area contributed by atoms with Gasteiger partial charge in [0.05, 0.1) is 13.3 Å². The summed E-state index contributed by atoms with van der Waals surface area (Å²) in [5, 5.41) is 2.92. The molecule has 0 aliphatic carbocycles. The van der Waals surface area contributed by atoms with Crippen LogP contribution in [0.5, 0.6) is 5.75 Å². The Hall–Kier alpha value is -1.16. The SMILES string of the molecule is CNCc1cc(F)cc(OCCCF)c1. The van der Waals surface area contributed by atoms with Gasteiger partial charge in [0, 0.05) is 19.0 Å². The van der Waals surface area contributed by atoms with Crippen LogP contribution in [0.1, 0.15) is 12.0 Å². The third-order valence-corrected chi connectivity index (χ3v) is 1.86. The van der Waals surface area contributed by atoms with E-state index in [1.807, 2.05) is 0 Å². The van der Waals surface area contributed by atoms with E-state index in [0.29, 0.717) is 18.7 Å². The van der Waals surface area contributed by atoms with Gasteiger partial charge in [-0.15, -0.1) is 0 Å². The predicted molar refractivity (Wildman–Crippen MR) is 55.3 cm³/mol. The van der Waals surface area contributed by atoms with E-state index in [1.165, 1.54) is 12.1 Å². The first-order valence-corrected chi connectivity index (χ1v) is 4.89. The lowest BCUT2D eigenvalue weighted by atomic mass is 10.2. The lowest BCUT2D eigenvalue weighted by Gasteiger charge is -2.07. The first-order valence-electron chi connectivity index (χ1n) is 4.89. The van der Waals surface area contributed by atoms with E-state index in [-0.39, 0.29) is 12.4 Å². The Balaban J connectivity index is 2.62. The van der Waals surface area contributed by atoms with Crippen molar-refractivity contribution in [3.63, 3.8) is 0 Å². The molecule has 0 amide bonds. The Morgan fingerprint density at radius 1 is 1.33 bits per heavy atom. The molecule has 0 spiro atoms. The van der Waals surface area contributed by atoms with Crippen LogP contribution in [-0.4, -0.2) is 20.3 Å². The summed E-state index contributed by atoms with van der Waals surface area (Å²) in [5.74, 6) is 0.117. The molecular formula is C11H15F2NO. The van der Waals surface area contributed by atoms with Crippen LogP contribution in [0, 0.1) is 5.82 Å². The van der Waals surface area contributed by atoms with Gasteiger partial charge in [-0.25, -0.2) is 4.39 Å². The van der Waals surface area contributed by atoms with Crippen molar-refractivity contribution in [2.24, 2.45) is 0 Å². The Labute approximate surface area is 88.3 Å². The van der Waals surface area contributed by atoms with Crippen molar-refractivity contribution in [3.05, 3.63) is 29.6 Å². The molecule has 0 unspecified atom stereocenters. The molecule has 0 aliphatic rings. The van der Waals surface area contributed by atoms with Crippen molar-refractivity contribution in [3.8, 4) is 5.75 Å². The summed E-state index contributed by atoms with van der Waals surface area (Å²) < 4.78 is 30.1. The fraction of sp³-hybridized carbons (Fsp3) is 0.455. The zero-order valence-electron chi connectivity index (χ0n) is 8.72. The minimum absolute atomic E-state index is 0.277. The molecule has 15 heavy (non-hydrogen) atoms. The van der Waals surface area contributed by atoms with Crippen LogP contribution < -0.4 is 10.1 Å². The normalized spacial score (nSPS) is 10.3. The molecule has 0 heterocycles.